The summed E-state index contributed by atoms with van der Waals surface area (Å²) in [6.07, 6.45) is 4.41. The Kier molecular flexibility index (Phi) is 3.73. The zero-order chi connectivity index (χ0) is 19.5. The maximum absolute atomic E-state index is 13.1. The molecule has 3 heterocycles. The van der Waals surface area contributed by atoms with E-state index in [0.29, 0.717) is 29.8 Å². The van der Waals surface area contributed by atoms with E-state index in [1.807, 2.05) is 12.1 Å². The first-order valence-electron chi connectivity index (χ1n) is 8.94. The molecule has 140 valence electrons. The van der Waals surface area contributed by atoms with Crippen molar-refractivity contribution in [2.75, 3.05) is 5.32 Å². The Morgan fingerprint density at radius 1 is 1.07 bits per heavy atom. The van der Waals surface area contributed by atoms with Crippen LogP contribution in [0.15, 0.2) is 45.4 Å². The lowest BCUT2D eigenvalue weighted by Gasteiger charge is -2.39. The molecule has 0 aromatic carbocycles. The van der Waals surface area contributed by atoms with Crippen molar-refractivity contribution < 1.29 is 4.79 Å². The average molecular weight is 366 g/mol. The van der Waals surface area contributed by atoms with Crippen LogP contribution in [0.4, 0.5) is 5.82 Å². The van der Waals surface area contributed by atoms with Gasteiger partial charge in [0.05, 0.1) is 5.56 Å². The monoisotopic (exact) mass is 366 g/mol. The summed E-state index contributed by atoms with van der Waals surface area (Å²) in [4.78, 5) is 42.6. The number of nitrogens with zero attached hydrogens (tertiary/aromatic N) is 3. The number of carbonyl (C=O) groups excluding carboxylic acids is 1. The van der Waals surface area contributed by atoms with Crippen LogP contribution in [0.2, 0.25) is 0 Å². The molecule has 0 radical (unpaired) electrons. The van der Waals surface area contributed by atoms with Crippen molar-refractivity contribution in [2.45, 2.75) is 32.6 Å². The lowest BCUT2D eigenvalue weighted by atomic mass is 9.69. The quantitative estimate of drug-likeness (QED) is 0.830. The maximum atomic E-state index is 13.1. The van der Waals surface area contributed by atoms with Crippen molar-refractivity contribution >= 4 is 11.6 Å². The second kappa shape index (κ2) is 5.77. The number of Topliss-reactive ketones (excluding diaryl/α,β-unsaturated/α-hetero) is 1. The highest BCUT2D eigenvalue weighted by molar-refractivity contribution is 6.01. The third-order valence-corrected chi connectivity index (χ3v) is 5.51. The summed E-state index contributed by atoms with van der Waals surface area (Å²) >= 11 is 0. The number of carbonyl (C=O) groups is 1. The van der Waals surface area contributed by atoms with Gasteiger partial charge >= 0.3 is 5.69 Å². The van der Waals surface area contributed by atoms with Gasteiger partial charge in [-0.3, -0.25) is 23.7 Å². The van der Waals surface area contributed by atoms with Crippen molar-refractivity contribution in [1.82, 2.24) is 14.1 Å². The Hall–Kier alpha value is -2.96. The van der Waals surface area contributed by atoms with Crippen LogP contribution in [0, 0.1) is 5.41 Å². The first-order chi connectivity index (χ1) is 12.7. The first-order valence-corrected chi connectivity index (χ1v) is 8.94. The van der Waals surface area contributed by atoms with Crippen molar-refractivity contribution in [2.24, 2.45) is 19.5 Å². The van der Waals surface area contributed by atoms with Gasteiger partial charge < -0.3 is 5.32 Å². The summed E-state index contributed by atoms with van der Waals surface area (Å²) in [6, 6.07) is 3.64. The highest BCUT2D eigenvalue weighted by atomic mass is 16.2. The number of rotatable bonds is 1. The van der Waals surface area contributed by atoms with E-state index < -0.39 is 11.6 Å². The fourth-order valence-electron chi connectivity index (χ4n) is 4.24. The van der Waals surface area contributed by atoms with Gasteiger partial charge in [-0.05, 0) is 29.5 Å². The number of hydrogen-bond donors (Lipinski definition) is 1. The number of allylic oxidation sites excluding steroid dienone is 2. The fourth-order valence-corrected chi connectivity index (χ4v) is 4.24. The average Bonchev–Trinajstić information content (AvgIpc) is 2.62. The summed E-state index contributed by atoms with van der Waals surface area (Å²) in [5, 5.41) is 3.25. The minimum atomic E-state index is -0.506. The van der Waals surface area contributed by atoms with Gasteiger partial charge in [0, 0.05) is 50.1 Å². The zero-order valence-corrected chi connectivity index (χ0v) is 15.9. The molecular formula is C20H22N4O3. The molecule has 0 saturated carbocycles. The molecular weight excluding hydrogens is 344 g/mol. The predicted molar refractivity (Wildman–Crippen MR) is 102 cm³/mol. The second-order valence-electron chi connectivity index (χ2n) is 8.14. The SMILES string of the molecule is Cn1c2c(c(=O)n(C)c1=O)[C@H](c1ccncc1)C1=C(CC(C)(C)CC1=O)N2. The van der Waals surface area contributed by atoms with Crippen molar-refractivity contribution in [1.29, 1.82) is 0 Å². The number of aromatic nitrogens is 3. The molecule has 2 aromatic rings. The molecule has 1 aliphatic heterocycles. The van der Waals surface area contributed by atoms with Gasteiger partial charge in [-0.2, -0.15) is 0 Å². The van der Waals surface area contributed by atoms with E-state index in [1.54, 1.807) is 19.4 Å². The summed E-state index contributed by atoms with van der Waals surface area (Å²) in [5.74, 6) is -0.000342. The Bertz CT molecular complexity index is 1110. The van der Waals surface area contributed by atoms with Crippen LogP contribution < -0.4 is 16.6 Å². The maximum Gasteiger partial charge on any atom is 0.332 e. The van der Waals surface area contributed by atoms with E-state index in [1.165, 1.54) is 11.6 Å². The second-order valence-corrected chi connectivity index (χ2v) is 8.14. The largest absolute Gasteiger partial charge is 0.344 e. The molecule has 27 heavy (non-hydrogen) atoms. The molecule has 0 unspecified atom stereocenters. The number of fused-ring (bicyclic) bond motifs is 1. The van der Waals surface area contributed by atoms with E-state index in [2.05, 4.69) is 24.1 Å². The minimum Gasteiger partial charge on any atom is -0.344 e. The van der Waals surface area contributed by atoms with Crippen LogP contribution >= 0.6 is 0 Å². The van der Waals surface area contributed by atoms with Crippen LogP contribution in [-0.4, -0.2) is 19.9 Å². The van der Waals surface area contributed by atoms with Gasteiger partial charge in [0.1, 0.15) is 5.82 Å². The van der Waals surface area contributed by atoms with E-state index in [9.17, 15) is 14.4 Å². The molecule has 7 nitrogen and oxygen atoms in total. The van der Waals surface area contributed by atoms with Crippen molar-refractivity contribution in [3.8, 4) is 0 Å². The van der Waals surface area contributed by atoms with Crippen LogP contribution in [0.5, 0.6) is 0 Å². The lowest BCUT2D eigenvalue weighted by molar-refractivity contribution is -0.118. The molecule has 1 aliphatic carbocycles. The van der Waals surface area contributed by atoms with Gasteiger partial charge in [0.25, 0.3) is 5.56 Å². The zero-order valence-electron chi connectivity index (χ0n) is 15.9. The van der Waals surface area contributed by atoms with Crippen molar-refractivity contribution in [3.63, 3.8) is 0 Å². The molecule has 0 bridgehead atoms. The molecule has 1 atom stereocenters. The standard InChI is InChI=1S/C20H22N4O3/c1-20(2)9-12-15(13(25)10-20)14(11-5-7-21-8-6-11)16-17(22-12)23(3)19(27)24(4)18(16)26/h5-8,14,22H,9-10H2,1-4H3/t14-/m1/s1. The van der Waals surface area contributed by atoms with Gasteiger partial charge in [-0.25, -0.2) is 4.79 Å². The van der Waals surface area contributed by atoms with Crippen molar-refractivity contribution in [3.05, 3.63) is 67.8 Å². The Balaban J connectivity index is 2.08. The number of nitrogens with one attached hydrogen (secondary N) is 1. The summed E-state index contributed by atoms with van der Waals surface area (Å²) < 4.78 is 2.54. The van der Waals surface area contributed by atoms with Gasteiger partial charge in [-0.15, -0.1) is 0 Å². The minimum absolute atomic E-state index is 0.0390. The number of pyridine rings is 1. The molecule has 0 spiro atoms. The molecule has 0 saturated heterocycles. The molecule has 0 fully saturated rings. The van der Waals surface area contributed by atoms with Crippen LogP contribution in [0.25, 0.3) is 0 Å². The van der Waals surface area contributed by atoms with E-state index in [4.69, 9.17) is 0 Å². The van der Waals surface area contributed by atoms with Gasteiger partial charge in [0.2, 0.25) is 0 Å². The molecule has 2 aliphatic rings. The number of ketones is 1. The fraction of sp³-hybridized carbons (Fsp3) is 0.400. The predicted octanol–water partition coefficient (Wildman–Crippen LogP) is 1.68. The molecule has 0 amide bonds. The highest BCUT2D eigenvalue weighted by Gasteiger charge is 2.42. The number of hydrogen-bond acceptors (Lipinski definition) is 5. The summed E-state index contributed by atoms with van der Waals surface area (Å²) in [7, 11) is 3.10. The Morgan fingerprint density at radius 3 is 2.41 bits per heavy atom. The smallest absolute Gasteiger partial charge is 0.332 e. The lowest BCUT2D eigenvalue weighted by Crippen LogP contribution is -2.45. The molecule has 1 N–H and O–H groups in total. The van der Waals surface area contributed by atoms with Crippen LogP contribution in [0.1, 0.15) is 43.7 Å². The topological polar surface area (TPSA) is 86.0 Å². The molecule has 7 heteroatoms. The first kappa shape index (κ1) is 17.5. The third-order valence-electron chi connectivity index (χ3n) is 5.51. The molecule has 2 aromatic heterocycles. The summed E-state index contributed by atoms with van der Waals surface area (Å²) in [5.41, 5.74) is 1.72. The van der Waals surface area contributed by atoms with Gasteiger partial charge in [-0.1, -0.05) is 13.8 Å². The van der Waals surface area contributed by atoms with Gasteiger partial charge in [0.15, 0.2) is 5.78 Å². The van der Waals surface area contributed by atoms with E-state index in [-0.39, 0.29) is 16.8 Å². The number of anilines is 1. The molecule has 4 rings (SSSR count). The summed E-state index contributed by atoms with van der Waals surface area (Å²) in [6.45, 7) is 4.10. The van der Waals surface area contributed by atoms with E-state index >= 15 is 0 Å². The van der Waals surface area contributed by atoms with Crippen LogP contribution in [0.3, 0.4) is 0 Å². The van der Waals surface area contributed by atoms with E-state index in [0.717, 1.165) is 15.8 Å². The van der Waals surface area contributed by atoms with Crippen LogP contribution in [-0.2, 0) is 18.9 Å². The Morgan fingerprint density at radius 2 is 1.74 bits per heavy atom. The Labute approximate surface area is 156 Å². The highest BCUT2D eigenvalue weighted by Crippen LogP contribution is 2.47. The third kappa shape index (κ3) is 2.57. The normalized spacial score (nSPS) is 20.7.